The number of rotatable bonds is 7. The number of methoxy groups -OCH3 is 1. The Balaban J connectivity index is 2.49. The van der Waals surface area contributed by atoms with Gasteiger partial charge in [-0.25, -0.2) is 5.43 Å². The van der Waals surface area contributed by atoms with Gasteiger partial charge in [0, 0.05) is 20.1 Å². The van der Waals surface area contributed by atoms with E-state index in [2.05, 4.69) is 12.3 Å². The molecular weight excluding hydrogens is 192 g/mol. The van der Waals surface area contributed by atoms with Gasteiger partial charge in [0.1, 0.15) is 11.5 Å². The predicted octanol–water partition coefficient (Wildman–Crippen LogP) is 1.77. The van der Waals surface area contributed by atoms with Crippen LogP contribution in [0.1, 0.15) is 37.3 Å². The predicted molar refractivity (Wildman–Crippen MR) is 59.3 cm³/mol. The summed E-state index contributed by atoms with van der Waals surface area (Å²) in [5, 5.41) is 0. The van der Waals surface area contributed by atoms with E-state index in [1.165, 1.54) is 0 Å². The highest BCUT2D eigenvalue weighted by Gasteiger charge is 2.13. The van der Waals surface area contributed by atoms with E-state index in [-0.39, 0.29) is 6.04 Å². The van der Waals surface area contributed by atoms with E-state index in [1.807, 2.05) is 12.1 Å². The van der Waals surface area contributed by atoms with Gasteiger partial charge in [-0.15, -0.1) is 0 Å². The highest BCUT2D eigenvalue weighted by atomic mass is 16.5. The lowest BCUT2D eigenvalue weighted by Gasteiger charge is -2.12. The van der Waals surface area contributed by atoms with Crippen LogP contribution in [0.25, 0.3) is 0 Å². The van der Waals surface area contributed by atoms with Crippen LogP contribution in [-0.4, -0.2) is 13.7 Å². The average Bonchev–Trinajstić information content (AvgIpc) is 2.73. The van der Waals surface area contributed by atoms with Gasteiger partial charge in [-0.1, -0.05) is 6.92 Å². The number of nitrogens with one attached hydrogen (secondary N) is 1. The number of hydrogen-bond donors (Lipinski definition) is 2. The van der Waals surface area contributed by atoms with Gasteiger partial charge >= 0.3 is 0 Å². The molecule has 86 valence electrons. The zero-order chi connectivity index (χ0) is 11.1. The summed E-state index contributed by atoms with van der Waals surface area (Å²) < 4.78 is 10.6. The summed E-state index contributed by atoms with van der Waals surface area (Å²) in [6.07, 6.45) is 2.80. The zero-order valence-electron chi connectivity index (χ0n) is 9.45. The second-order valence-corrected chi connectivity index (χ2v) is 3.51. The Hall–Kier alpha value is -0.840. The summed E-state index contributed by atoms with van der Waals surface area (Å²) in [5.74, 6) is 7.39. The Bertz CT molecular complexity index is 273. The molecule has 1 heterocycles. The van der Waals surface area contributed by atoms with Gasteiger partial charge in [0.05, 0.1) is 6.04 Å². The summed E-state index contributed by atoms with van der Waals surface area (Å²) in [5.41, 5.74) is 2.77. The third-order valence-electron chi connectivity index (χ3n) is 2.42. The van der Waals surface area contributed by atoms with E-state index >= 15 is 0 Å². The molecule has 0 bridgehead atoms. The molecule has 0 saturated carbocycles. The second-order valence-electron chi connectivity index (χ2n) is 3.51. The minimum atomic E-state index is 0.0837. The molecular formula is C11H20N2O2. The van der Waals surface area contributed by atoms with Gasteiger partial charge in [-0.3, -0.25) is 5.84 Å². The molecule has 0 aliphatic heterocycles. The Kier molecular flexibility index (Phi) is 5.39. The van der Waals surface area contributed by atoms with Crippen LogP contribution in [0.15, 0.2) is 16.5 Å². The highest BCUT2D eigenvalue weighted by molar-refractivity contribution is 5.10. The van der Waals surface area contributed by atoms with Crippen LogP contribution in [0.4, 0.5) is 0 Å². The fourth-order valence-electron chi connectivity index (χ4n) is 1.51. The van der Waals surface area contributed by atoms with Crippen LogP contribution in [0.2, 0.25) is 0 Å². The lowest BCUT2D eigenvalue weighted by Crippen LogP contribution is -2.27. The minimum absolute atomic E-state index is 0.0837. The Morgan fingerprint density at radius 1 is 1.53 bits per heavy atom. The molecule has 4 nitrogen and oxygen atoms in total. The smallest absolute Gasteiger partial charge is 0.122 e. The van der Waals surface area contributed by atoms with Crippen LogP contribution in [0.5, 0.6) is 0 Å². The van der Waals surface area contributed by atoms with Gasteiger partial charge in [0.2, 0.25) is 0 Å². The largest absolute Gasteiger partial charge is 0.464 e. The first-order valence-electron chi connectivity index (χ1n) is 5.35. The molecule has 0 amide bonds. The van der Waals surface area contributed by atoms with E-state index in [0.717, 1.165) is 37.4 Å². The second kappa shape index (κ2) is 6.61. The van der Waals surface area contributed by atoms with Crippen LogP contribution in [-0.2, 0) is 11.2 Å². The first-order chi connectivity index (χ1) is 7.31. The van der Waals surface area contributed by atoms with Crippen molar-refractivity contribution in [3.63, 3.8) is 0 Å². The normalized spacial score (nSPS) is 13.0. The molecule has 0 radical (unpaired) electrons. The van der Waals surface area contributed by atoms with Gasteiger partial charge in [-0.05, 0) is 25.0 Å². The lowest BCUT2D eigenvalue weighted by molar-refractivity contribution is 0.187. The molecule has 1 aromatic heterocycles. The summed E-state index contributed by atoms with van der Waals surface area (Å²) in [4.78, 5) is 0. The van der Waals surface area contributed by atoms with E-state index in [4.69, 9.17) is 15.0 Å². The third kappa shape index (κ3) is 3.66. The lowest BCUT2D eigenvalue weighted by atomic mass is 10.1. The van der Waals surface area contributed by atoms with Crippen molar-refractivity contribution in [2.45, 2.75) is 32.2 Å². The first kappa shape index (κ1) is 12.2. The number of aryl methyl sites for hydroxylation is 1. The maximum atomic E-state index is 5.63. The molecule has 1 unspecified atom stereocenters. The SMILES string of the molecule is CCc1ccc(C(CCCOC)NN)o1. The van der Waals surface area contributed by atoms with E-state index in [1.54, 1.807) is 7.11 Å². The van der Waals surface area contributed by atoms with Crippen LogP contribution in [0, 0.1) is 0 Å². The van der Waals surface area contributed by atoms with Crippen molar-refractivity contribution in [1.29, 1.82) is 0 Å². The molecule has 0 fully saturated rings. The van der Waals surface area contributed by atoms with E-state index in [9.17, 15) is 0 Å². The Labute approximate surface area is 90.8 Å². The molecule has 0 aliphatic carbocycles. The standard InChI is InChI=1S/C11H20N2O2/c1-3-9-6-7-11(15-9)10(13-12)5-4-8-14-2/h6-7,10,13H,3-5,8,12H2,1-2H3. The van der Waals surface area contributed by atoms with Gasteiger partial charge < -0.3 is 9.15 Å². The third-order valence-corrected chi connectivity index (χ3v) is 2.42. The van der Waals surface area contributed by atoms with Crippen molar-refractivity contribution in [2.24, 2.45) is 5.84 Å². The maximum absolute atomic E-state index is 5.63. The van der Waals surface area contributed by atoms with Crippen molar-refractivity contribution >= 4 is 0 Å². The molecule has 1 rings (SSSR count). The van der Waals surface area contributed by atoms with Crippen LogP contribution >= 0.6 is 0 Å². The Morgan fingerprint density at radius 2 is 2.33 bits per heavy atom. The topological polar surface area (TPSA) is 60.4 Å². The highest BCUT2D eigenvalue weighted by Crippen LogP contribution is 2.20. The zero-order valence-corrected chi connectivity index (χ0v) is 9.45. The first-order valence-corrected chi connectivity index (χ1v) is 5.35. The Morgan fingerprint density at radius 3 is 2.87 bits per heavy atom. The summed E-state index contributed by atoms with van der Waals surface area (Å²) >= 11 is 0. The van der Waals surface area contributed by atoms with Crippen molar-refractivity contribution in [2.75, 3.05) is 13.7 Å². The molecule has 0 saturated heterocycles. The number of ether oxygens (including phenoxy) is 1. The van der Waals surface area contributed by atoms with Crippen molar-refractivity contribution in [3.8, 4) is 0 Å². The molecule has 0 spiro atoms. The monoisotopic (exact) mass is 212 g/mol. The number of hydrazine groups is 1. The van der Waals surface area contributed by atoms with Crippen LogP contribution < -0.4 is 11.3 Å². The molecule has 4 heteroatoms. The van der Waals surface area contributed by atoms with Gasteiger partial charge in [0.15, 0.2) is 0 Å². The molecule has 1 aromatic rings. The van der Waals surface area contributed by atoms with Crippen molar-refractivity contribution in [3.05, 3.63) is 23.7 Å². The molecule has 1 atom stereocenters. The molecule has 15 heavy (non-hydrogen) atoms. The van der Waals surface area contributed by atoms with E-state index < -0.39 is 0 Å². The van der Waals surface area contributed by atoms with Crippen LogP contribution in [0.3, 0.4) is 0 Å². The number of nitrogens with two attached hydrogens (primary N) is 1. The fraction of sp³-hybridized carbons (Fsp3) is 0.636. The molecule has 0 aromatic carbocycles. The van der Waals surface area contributed by atoms with E-state index in [0.29, 0.717) is 0 Å². The van der Waals surface area contributed by atoms with Crippen molar-refractivity contribution < 1.29 is 9.15 Å². The summed E-state index contributed by atoms with van der Waals surface area (Å²) in [6.45, 7) is 2.82. The summed E-state index contributed by atoms with van der Waals surface area (Å²) in [7, 11) is 1.70. The number of hydrogen-bond acceptors (Lipinski definition) is 4. The fourth-order valence-corrected chi connectivity index (χ4v) is 1.51. The minimum Gasteiger partial charge on any atom is -0.464 e. The quantitative estimate of drug-likeness (QED) is 0.411. The van der Waals surface area contributed by atoms with Gasteiger partial charge in [-0.2, -0.15) is 0 Å². The molecule has 3 N–H and O–H groups in total. The molecule has 0 aliphatic rings. The van der Waals surface area contributed by atoms with Crippen molar-refractivity contribution in [1.82, 2.24) is 5.43 Å². The number of furan rings is 1. The maximum Gasteiger partial charge on any atom is 0.122 e. The summed E-state index contributed by atoms with van der Waals surface area (Å²) in [6, 6.07) is 4.06. The average molecular weight is 212 g/mol. The van der Waals surface area contributed by atoms with Gasteiger partial charge in [0.25, 0.3) is 0 Å².